The van der Waals surface area contributed by atoms with Crippen LogP contribution in [0, 0.1) is 0 Å². The summed E-state index contributed by atoms with van der Waals surface area (Å²) >= 11 is 46.7. The molecule has 0 bridgehead atoms. The predicted molar refractivity (Wildman–Crippen MR) is 506 cm³/mol. The van der Waals surface area contributed by atoms with E-state index in [0.29, 0.717) is 17.2 Å². The second kappa shape index (κ2) is 54.4. The average Bonchev–Trinajstić information content (AvgIpc) is 0.785. The minimum absolute atomic E-state index is 0.122. The van der Waals surface area contributed by atoms with E-state index in [2.05, 4.69) is 115 Å². The molecule has 8 atom stereocenters. The second-order valence-corrected chi connectivity index (χ2v) is 56.9. The van der Waals surface area contributed by atoms with Crippen LogP contribution in [0.1, 0.15) is 0 Å². The van der Waals surface area contributed by atoms with Gasteiger partial charge in [0, 0.05) is 112 Å². The summed E-state index contributed by atoms with van der Waals surface area (Å²) in [4.78, 5) is 0. The van der Waals surface area contributed by atoms with Gasteiger partial charge in [-0.15, -0.1) is 0 Å². The Labute approximate surface area is 701 Å². The van der Waals surface area contributed by atoms with Crippen LogP contribution in [0.4, 0.5) is 0 Å². The van der Waals surface area contributed by atoms with Gasteiger partial charge in [0.05, 0.1) is 132 Å². The molecule has 0 aliphatic rings. The molecule has 34 heteroatoms. The van der Waals surface area contributed by atoms with Gasteiger partial charge in [0.15, 0.2) is 34.5 Å². The first-order chi connectivity index (χ1) is 51.1. The molecule has 8 unspecified atom stereocenters. The highest BCUT2D eigenvalue weighted by atomic mass is 35.7. The Morgan fingerprint density at radius 1 is 0.204 bits per heavy atom. The first-order valence-electron chi connectivity index (χ1n) is 32.8. The Kier molecular flexibility index (Phi) is 52.2. The zero-order valence-electron chi connectivity index (χ0n) is 66.4. The second-order valence-electron chi connectivity index (χ2n) is 26.3. The summed E-state index contributed by atoms with van der Waals surface area (Å²) in [5.74, 6) is 11.1. The Morgan fingerprint density at radius 3 is 0.806 bits per heavy atom. The number of hydrogen-bond donors (Lipinski definition) is 0. The first-order valence-corrected chi connectivity index (χ1v) is 62.9. The summed E-state index contributed by atoms with van der Waals surface area (Å²) < 4.78 is 72.6. The summed E-state index contributed by atoms with van der Waals surface area (Å²) in [5.41, 5.74) is 0. The maximum absolute atomic E-state index is 6.13. The predicted octanol–water partition coefficient (Wildman–Crippen LogP) is 19.5. The van der Waals surface area contributed by atoms with E-state index in [0.717, 1.165) is 100 Å². The zero-order chi connectivity index (χ0) is 82.1. The molecule has 0 saturated heterocycles. The van der Waals surface area contributed by atoms with Gasteiger partial charge < -0.3 is 66.3 Å². The van der Waals surface area contributed by atoms with Gasteiger partial charge in [-0.05, 0) is 89.2 Å². The van der Waals surface area contributed by atoms with Crippen LogP contribution >= 0.6 is 153 Å². The third-order valence-corrected chi connectivity index (χ3v) is 32.9. The summed E-state index contributed by atoms with van der Waals surface area (Å²) in [7, 11) is 19.4. The molecule has 0 spiro atoms. The Morgan fingerprint density at radius 2 is 0.491 bits per heavy atom. The molecule has 0 aromatic heterocycles. The van der Waals surface area contributed by atoms with Gasteiger partial charge >= 0.3 is 0 Å². The number of ether oxygens (including phenoxy) is 14. The molecule has 600 valence electrons. The molecule has 108 heavy (non-hydrogen) atoms. The Balaban J connectivity index is 0.000000619. The lowest BCUT2D eigenvalue weighted by atomic mass is 10.3. The van der Waals surface area contributed by atoms with E-state index in [1.807, 2.05) is 91.0 Å². The molecule has 8 aromatic rings. The lowest BCUT2D eigenvalue weighted by Gasteiger charge is -2.26. The molecular formula is C74H108Cl8O14P8Si4. The largest absolute Gasteiger partial charge is 0.497 e. The number of benzene rings is 8. The number of halogens is 8. The van der Waals surface area contributed by atoms with Crippen molar-refractivity contribution in [1.82, 2.24) is 0 Å². The van der Waals surface area contributed by atoms with Crippen LogP contribution < -0.4 is 129 Å². The van der Waals surface area contributed by atoms with E-state index >= 15 is 0 Å². The average molecular weight is 1870 g/mol. The minimum atomic E-state index is -1.41. The van der Waals surface area contributed by atoms with Gasteiger partial charge in [0.2, 0.25) is 0 Å². The van der Waals surface area contributed by atoms with E-state index in [1.54, 1.807) is 106 Å². The topological polar surface area (TPSA) is 129 Å². The lowest BCUT2D eigenvalue weighted by molar-refractivity contribution is 0.351. The molecule has 0 heterocycles. The van der Waals surface area contributed by atoms with Crippen molar-refractivity contribution in [2.24, 2.45) is 0 Å². The molecule has 0 amide bonds. The third kappa shape index (κ3) is 34.2. The number of hydrogen-bond acceptors (Lipinski definition) is 14. The quantitative estimate of drug-likeness (QED) is 0.0377. The van der Waals surface area contributed by atoms with Gasteiger partial charge in [0.25, 0.3) is 0 Å². The highest BCUT2D eigenvalue weighted by Crippen LogP contribution is 2.37. The fraction of sp³-hybridized carbons (Fsp3) is 0.351. The SMILES string of the molecule is COc1c(PCl)cc([Si](C)(C)C)cc1[Si](C)(C)C.COc1c(PCl)cccc1[Si](C)(C)C.COc1cc(OC)c(OC)c(PCl)c1.COc1ccc(OC)c(PCl)c1.COc1ccc(OC)c(PCl)c1.COc1ccc([Si](C)(C)C)cc1PCl.COc1cccc(PCl)c1OC.COc1cccc(PCl)c1OC. The third-order valence-electron chi connectivity index (χ3n) is 15.2. The van der Waals surface area contributed by atoms with Crippen molar-refractivity contribution in [2.45, 2.75) is 78.6 Å². The van der Waals surface area contributed by atoms with E-state index in [4.69, 9.17) is 156 Å². The highest BCUT2D eigenvalue weighted by Gasteiger charge is 2.28. The van der Waals surface area contributed by atoms with Crippen molar-refractivity contribution in [1.29, 1.82) is 0 Å². The highest BCUT2D eigenvalue weighted by molar-refractivity contribution is 7.77. The zero-order valence-corrected chi connectivity index (χ0v) is 84.5. The van der Waals surface area contributed by atoms with Crippen LogP contribution in [0.25, 0.3) is 0 Å². The Bertz CT molecular complexity index is 3770. The molecule has 8 rings (SSSR count). The van der Waals surface area contributed by atoms with Crippen LogP contribution in [0.5, 0.6) is 80.5 Å². The molecule has 0 aliphatic heterocycles. The summed E-state index contributed by atoms with van der Waals surface area (Å²) in [6, 6.07) is 43.4. The van der Waals surface area contributed by atoms with E-state index in [9.17, 15) is 0 Å². The molecule has 0 radical (unpaired) electrons. The summed E-state index contributed by atoms with van der Waals surface area (Å²) in [6.07, 6.45) is 0. The van der Waals surface area contributed by atoms with E-state index in [1.165, 1.54) is 26.1 Å². The first kappa shape index (κ1) is 104. The minimum Gasteiger partial charge on any atom is -0.497 e. The van der Waals surface area contributed by atoms with Crippen molar-refractivity contribution in [3.63, 3.8) is 0 Å². The van der Waals surface area contributed by atoms with E-state index in [-0.39, 0.29) is 63.5 Å². The van der Waals surface area contributed by atoms with Crippen LogP contribution in [-0.4, -0.2) is 132 Å². The standard InChI is InChI=1S/C13H24ClOPSi2.2C10H16ClOPSi.C9H12ClO3P.4C8H10ClO2P/c1-15-13-11(16-14)8-10(17(2,3)4)9-12(13)18(5,6)7;1-12-9-6-5-8(14(2,3)4)7-10(9)13-11;1-12-10-8(13-11)6-5-7-9(10)14(2,3)4;1-11-6-4-7(12-2)9(13-3)8(5-6)14-10;2*1-10-6-3-4-7(11-2)8(5-6)12-9;2*1-10-6-4-3-5-7(12-9)8(6)11-2/h8-9,16H,1-7H3;2*5-7,13H,1-4H3;4-5,14H,1-3H3;4*3-5,12H,1-2H3. The Hall–Kier alpha value is -2.41. The van der Waals surface area contributed by atoms with Gasteiger partial charge in [-0.2, -0.15) is 0 Å². The number of rotatable bonds is 26. The van der Waals surface area contributed by atoms with Crippen molar-refractivity contribution >= 4 is 249 Å². The molecular weight excluding hydrogens is 1760 g/mol. The molecule has 0 fully saturated rings. The maximum Gasteiger partial charge on any atom is 0.169 e. The van der Waals surface area contributed by atoms with Gasteiger partial charge in [-0.3, -0.25) is 0 Å². The number of para-hydroxylation sites is 3. The molecule has 0 N–H and O–H groups in total. The summed E-state index contributed by atoms with van der Waals surface area (Å²) in [6.45, 7) is 28.1. The van der Waals surface area contributed by atoms with Crippen molar-refractivity contribution < 1.29 is 66.3 Å². The maximum atomic E-state index is 6.13. The number of methoxy groups -OCH3 is 14. The monoisotopic (exact) mass is 1860 g/mol. The fourth-order valence-electron chi connectivity index (χ4n) is 9.41. The van der Waals surface area contributed by atoms with Crippen molar-refractivity contribution in [3.05, 3.63) is 133 Å². The fourth-order valence-corrected chi connectivity index (χ4v) is 22.8. The van der Waals surface area contributed by atoms with Crippen molar-refractivity contribution in [3.8, 4) is 80.5 Å². The molecule has 0 saturated carbocycles. The normalized spacial score (nSPS) is 11.5. The molecule has 0 aliphatic carbocycles. The van der Waals surface area contributed by atoms with Gasteiger partial charge in [0.1, 0.15) is 46.0 Å². The lowest BCUT2D eigenvalue weighted by Crippen LogP contribution is -2.47. The van der Waals surface area contributed by atoms with Gasteiger partial charge in [-0.1, -0.05) is 227 Å². The van der Waals surface area contributed by atoms with Crippen LogP contribution in [0.2, 0.25) is 78.6 Å². The summed E-state index contributed by atoms with van der Waals surface area (Å²) in [5, 5.41) is 13.9. The van der Waals surface area contributed by atoms with Gasteiger partial charge in [-0.25, -0.2) is 0 Å². The molecule has 14 nitrogen and oxygen atoms in total. The van der Waals surface area contributed by atoms with Crippen molar-refractivity contribution in [2.75, 3.05) is 99.5 Å². The van der Waals surface area contributed by atoms with E-state index < -0.39 is 32.3 Å². The molecule has 8 aromatic carbocycles. The smallest absolute Gasteiger partial charge is 0.169 e. The van der Waals surface area contributed by atoms with Crippen LogP contribution in [0.15, 0.2) is 133 Å². The van der Waals surface area contributed by atoms with Crippen LogP contribution in [-0.2, 0) is 0 Å². The van der Waals surface area contributed by atoms with Crippen LogP contribution in [0.3, 0.4) is 0 Å².